The molecule has 0 saturated carbocycles. The van der Waals surface area contributed by atoms with Gasteiger partial charge in [-0.05, 0) is 34.1 Å². The number of carbonyl (C=O) groups is 1. The van der Waals surface area contributed by atoms with E-state index in [4.69, 9.17) is 9.26 Å². The van der Waals surface area contributed by atoms with E-state index in [-0.39, 0.29) is 0 Å². The van der Waals surface area contributed by atoms with Gasteiger partial charge in [-0.2, -0.15) is 0 Å². The van der Waals surface area contributed by atoms with E-state index in [1.54, 1.807) is 27.7 Å². The van der Waals surface area contributed by atoms with Crippen molar-refractivity contribution < 1.29 is 18.6 Å². The minimum Gasteiger partial charge on any atom is -0.459 e. The lowest BCUT2D eigenvalue weighted by Gasteiger charge is -2.26. The van der Waals surface area contributed by atoms with Gasteiger partial charge in [0.15, 0.2) is 0 Å². The van der Waals surface area contributed by atoms with Gasteiger partial charge in [0.05, 0.1) is 6.61 Å². The van der Waals surface area contributed by atoms with Crippen LogP contribution in [0.15, 0.2) is 0 Å². The Morgan fingerprint density at radius 2 is 1.81 bits per heavy atom. The maximum absolute atomic E-state index is 12.1. The third-order valence-electron chi connectivity index (χ3n) is 2.02. The lowest BCUT2D eigenvalue weighted by Crippen LogP contribution is -2.31. The highest BCUT2D eigenvalue weighted by Crippen LogP contribution is 2.50. The van der Waals surface area contributed by atoms with Gasteiger partial charge >= 0.3 is 5.97 Å². The predicted octanol–water partition coefficient (Wildman–Crippen LogP) is 3.05. The zero-order valence-electron chi connectivity index (χ0n) is 11.1. The highest BCUT2D eigenvalue weighted by Gasteiger charge is 2.36. The second-order valence-electron chi connectivity index (χ2n) is 4.78. The molecule has 0 spiro atoms. The molecule has 0 bridgehead atoms. The van der Waals surface area contributed by atoms with Gasteiger partial charge in [0.25, 0.3) is 0 Å². The molecule has 0 aliphatic heterocycles. The van der Waals surface area contributed by atoms with Gasteiger partial charge in [-0.1, -0.05) is 6.92 Å². The van der Waals surface area contributed by atoms with Crippen LogP contribution in [0.25, 0.3) is 0 Å². The average Bonchev–Trinajstić information content (AvgIpc) is 1.99. The van der Waals surface area contributed by atoms with Crippen LogP contribution in [0.1, 0.15) is 41.0 Å². The number of carbonyl (C=O) groups excluding carboxylic acids is 1. The van der Waals surface area contributed by atoms with Crippen LogP contribution < -0.4 is 0 Å². The SMILES string of the molecule is CCOP(C)(=O)C(CC)C(=O)OC(C)(C)C. The van der Waals surface area contributed by atoms with Crippen LogP contribution in [-0.2, 0) is 18.6 Å². The Labute approximate surface area is 98.2 Å². The van der Waals surface area contributed by atoms with E-state index in [9.17, 15) is 9.36 Å². The van der Waals surface area contributed by atoms with E-state index in [0.717, 1.165) is 0 Å². The Morgan fingerprint density at radius 1 is 1.31 bits per heavy atom. The molecule has 2 unspecified atom stereocenters. The summed E-state index contributed by atoms with van der Waals surface area (Å²) in [7, 11) is -2.92. The van der Waals surface area contributed by atoms with Crippen LogP contribution in [0.2, 0.25) is 0 Å². The highest BCUT2D eigenvalue weighted by atomic mass is 31.2. The van der Waals surface area contributed by atoms with Crippen LogP contribution in [0, 0.1) is 0 Å². The predicted molar refractivity (Wildman–Crippen MR) is 65.1 cm³/mol. The molecule has 4 nitrogen and oxygen atoms in total. The number of ether oxygens (including phenoxy) is 1. The molecule has 0 amide bonds. The second-order valence-corrected chi connectivity index (χ2v) is 7.48. The van der Waals surface area contributed by atoms with Crippen molar-refractivity contribution in [2.24, 2.45) is 0 Å². The van der Waals surface area contributed by atoms with Crippen molar-refractivity contribution >= 4 is 13.3 Å². The summed E-state index contributed by atoms with van der Waals surface area (Å²) in [5.74, 6) is -0.436. The number of esters is 1. The van der Waals surface area contributed by atoms with Crippen LogP contribution >= 0.6 is 7.37 Å². The molecular weight excluding hydrogens is 227 g/mol. The van der Waals surface area contributed by atoms with Crippen LogP contribution in [0.5, 0.6) is 0 Å². The summed E-state index contributed by atoms with van der Waals surface area (Å²) in [6.45, 7) is 10.8. The first-order valence-corrected chi connectivity index (χ1v) is 7.72. The molecule has 2 atom stereocenters. The monoisotopic (exact) mass is 250 g/mol. The summed E-state index contributed by atoms with van der Waals surface area (Å²) >= 11 is 0. The summed E-state index contributed by atoms with van der Waals surface area (Å²) in [6, 6.07) is 0. The largest absolute Gasteiger partial charge is 0.459 e. The van der Waals surface area contributed by atoms with Crippen molar-refractivity contribution in [3.05, 3.63) is 0 Å². The van der Waals surface area contributed by atoms with E-state index in [1.807, 2.05) is 6.92 Å². The molecule has 0 fully saturated rings. The molecule has 0 N–H and O–H groups in total. The molecule has 16 heavy (non-hydrogen) atoms. The maximum atomic E-state index is 12.1. The minimum absolute atomic E-state index is 0.340. The number of rotatable bonds is 5. The second kappa shape index (κ2) is 5.83. The Hall–Kier alpha value is -0.340. The quantitative estimate of drug-likeness (QED) is 0.556. The van der Waals surface area contributed by atoms with Crippen molar-refractivity contribution in [2.45, 2.75) is 52.3 Å². The molecule has 0 aromatic carbocycles. The first kappa shape index (κ1) is 15.7. The number of hydrogen-bond donors (Lipinski definition) is 0. The molecule has 0 heterocycles. The Bertz CT molecular complexity index is 280. The van der Waals surface area contributed by atoms with Crippen molar-refractivity contribution in [3.63, 3.8) is 0 Å². The molecule has 0 aromatic heterocycles. The normalized spacial score (nSPS) is 17.6. The highest BCUT2D eigenvalue weighted by molar-refractivity contribution is 7.59. The standard InChI is InChI=1S/C11H23O4P/c1-7-9(16(6,13)14-8-2)10(12)15-11(3,4)5/h9H,7-8H2,1-6H3. The van der Waals surface area contributed by atoms with Gasteiger partial charge in [0.2, 0.25) is 7.37 Å². The number of hydrogen-bond acceptors (Lipinski definition) is 4. The Morgan fingerprint density at radius 3 is 2.12 bits per heavy atom. The first-order valence-electron chi connectivity index (χ1n) is 5.58. The molecule has 0 aliphatic carbocycles. The van der Waals surface area contributed by atoms with Crippen LogP contribution in [0.4, 0.5) is 0 Å². The van der Waals surface area contributed by atoms with Crippen molar-refractivity contribution in [1.82, 2.24) is 0 Å². The maximum Gasteiger partial charge on any atom is 0.319 e. The minimum atomic E-state index is -2.92. The van der Waals surface area contributed by atoms with E-state index >= 15 is 0 Å². The summed E-state index contributed by atoms with van der Waals surface area (Å²) in [4.78, 5) is 11.8. The molecule has 0 saturated heterocycles. The zero-order chi connectivity index (χ0) is 13.0. The lowest BCUT2D eigenvalue weighted by molar-refractivity contribution is -0.154. The topological polar surface area (TPSA) is 52.6 Å². The summed E-state index contributed by atoms with van der Waals surface area (Å²) in [5.41, 5.74) is -1.22. The summed E-state index contributed by atoms with van der Waals surface area (Å²) in [5, 5.41) is 0. The third-order valence-corrected chi connectivity index (χ3v) is 4.50. The van der Waals surface area contributed by atoms with Crippen molar-refractivity contribution in [2.75, 3.05) is 13.3 Å². The molecule has 0 aliphatic rings. The van der Waals surface area contributed by atoms with E-state index in [1.165, 1.54) is 6.66 Å². The van der Waals surface area contributed by atoms with E-state index < -0.39 is 24.6 Å². The summed E-state index contributed by atoms with van der Waals surface area (Å²) in [6.07, 6.45) is 0.461. The molecular formula is C11H23O4P. The zero-order valence-corrected chi connectivity index (χ0v) is 12.0. The van der Waals surface area contributed by atoms with Gasteiger partial charge in [-0.3, -0.25) is 9.36 Å². The summed E-state index contributed by atoms with van der Waals surface area (Å²) < 4.78 is 22.6. The van der Waals surface area contributed by atoms with E-state index in [0.29, 0.717) is 13.0 Å². The van der Waals surface area contributed by atoms with Crippen LogP contribution in [0.3, 0.4) is 0 Å². The smallest absolute Gasteiger partial charge is 0.319 e. The fourth-order valence-electron chi connectivity index (χ4n) is 1.41. The lowest BCUT2D eigenvalue weighted by atomic mass is 10.2. The van der Waals surface area contributed by atoms with Gasteiger partial charge in [0, 0.05) is 6.66 Å². The third kappa shape index (κ3) is 5.13. The Balaban J connectivity index is 4.74. The fraction of sp³-hybridized carbons (Fsp3) is 0.909. The molecule has 5 heteroatoms. The molecule has 96 valence electrons. The first-order chi connectivity index (χ1) is 7.14. The van der Waals surface area contributed by atoms with Crippen LogP contribution in [-0.4, -0.2) is 30.5 Å². The van der Waals surface area contributed by atoms with Gasteiger partial charge in [-0.25, -0.2) is 0 Å². The van der Waals surface area contributed by atoms with Gasteiger partial charge < -0.3 is 9.26 Å². The average molecular weight is 250 g/mol. The fourth-order valence-corrected chi connectivity index (χ4v) is 3.20. The van der Waals surface area contributed by atoms with Crippen molar-refractivity contribution in [1.29, 1.82) is 0 Å². The molecule has 0 rings (SSSR count). The van der Waals surface area contributed by atoms with E-state index in [2.05, 4.69) is 0 Å². The van der Waals surface area contributed by atoms with Gasteiger partial charge in [-0.15, -0.1) is 0 Å². The molecule has 0 aromatic rings. The van der Waals surface area contributed by atoms with Crippen molar-refractivity contribution in [3.8, 4) is 0 Å². The molecule has 0 radical (unpaired) electrons. The van der Waals surface area contributed by atoms with Gasteiger partial charge in [0.1, 0.15) is 11.3 Å². The Kier molecular flexibility index (Phi) is 5.71.